The van der Waals surface area contributed by atoms with E-state index in [-0.39, 0.29) is 12.1 Å². The number of carbonyl (C=O) groups excluding carboxylic acids is 2. The van der Waals surface area contributed by atoms with Crippen molar-refractivity contribution in [2.24, 2.45) is 0 Å². The Kier molecular flexibility index (Phi) is 7.31. The molecule has 2 rings (SSSR count). The molecule has 0 radical (unpaired) electrons. The molecular formula is C19H20ClNO6. The van der Waals surface area contributed by atoms with E-state index in [0.29, 0.717) is 22.3 Å². The molecule has 0 saturated carbocycles. The maximum atomic E-state index is 12.2. The molecule has 0 unspecified atom stereocenters. The molecule has 0 heterocycles. The lowest BCUT2D eigenvalue weighted by atomic mass is 10.2. The van der Waals surface area contributed by atoms with Crippen molar-refractivity contribution in [2.45, 2.75) is 6.54 Å². The Morgan fingerprint density at radius 1 is 1.00 bits per heavy atom. The van der Waals surface area contributed by atoms with Gasteiger partial charge in [-0.3, -0.25) is 4.79 Å². The molecule has 144 valence electrons. The average molecular weight is 394 g/mol. The molecule has 27 heavy (non-hydrogen) atoms. The first kappa shape index (κ1) is 20.4. The van der Waals surface area contributed by atoms with Crippen LogP contribution in [0.5, 0.6) is 17.2 Å². The highest BCUT2D eigenvalue weighted by atomic mass is 35.5. The summed E-state index contributed by atoms with van der Waals surface area (Å²) in [6, 6.07) is 10.00. The summed E-state index contributed by atoms with van der Waals surface area (Å²) >= 11 is 5.89. The molecule has 1 amide bonds. The van der Waals surface area contributed by atoms with Crippen LogP contribution in [0.3, 0.4) is 0 Å². The lowest BCUT2D eigenvalue weighted by molar-refractivity contribution is -0.124. The first-order valence-electron chi connectivity index (χ1n) is 7.96. The van der Waals surface area contributed by atoms with E-state index >= 15 is 0 Å². The van der Waals surface area contributed by atoms with Crippen LogP contribution in [0.15, 0.2) is 36.4 Å². The zero-order chi connectivity index (χ0) is 19.8. The number of amides is 1. The smallest absolute Gasteiger partial charge is 0.338 e. The monoisotopic (exact) mass is 393 g/mol. The zero-order valence-electron chi connectivity index (χ0n) is 15.2. The molecule has 7 nitrogen and oxygen atoms in total. The van der Waals surface area contributed by atoms with Gasteiger partial charge in [-0.05, 0) is 29.8 Å². The standard InChI is InChI=1S/C19H20ClNO6/c1-24-15-8-13(9-16(25-2)18(15)26-3)19(23)27-11-17(22)21-10-12-5-4-6-14(20)7-12/h4-9H,10-11H2,1-3H3,(H,21,22). The van der Waals surface area contributed by atoms with Crippen LogP contribution in [0.4, 0.5) is 0 Å². The van der Waals surface area contributed by atoms with Crippen LogP contribution in [0, 0.1) is 0 Å². The third-order valence-corrected chi connectivity index (χ3v) is 3.85. The number of halogens is 1. The molecule has 1 N–H and O–H groups in total. The summed E-state index contributed by atoms with van der Waals surface area (Å²) < 4.78 is 20.6. The normalized spacial score (nSPS) is 10.1. The topological polar surface area (TPSA) is 83.1 Å². The summed E-state index contributed by atoms with van der Waals surface area (Å²) in [5.74, 6) is -0.137. The summed E-state index contributed by atoms with van der Waals surface area (Å²) in [5.41, 5.74) is 1.01. The molecule has 8 heteroatoms. The summed E-state index contributed by atoms with van der Waals surface area (Å²) in [7, 11) is 4.34. The number of rotatable bonds is 8. The lowest BCUT2D eigenvalue weighted by Gasteiger charge is -2.13. The number of esters is 1. The predicted octanol–water partition coefficient (Wildman–Crippen LogP) is 2.84. The van der Waals surface area contributed by atoms with Crippen molar-refractivity contribution >= 4 is 23.5 Å². The van der Waals surface area contributed by atoms with Crippen LogP contribution in [-0.4, -0.2) is 39.8 Å². The minimum absolute atomic E-state index is 0.173. The van der Waals surface area contributed by atoms with Gasteiger partial charge in [0.25, 0.3) is 5.91 Å². The summed E-state index contributed by atoms with van der Waals surface area (Å²) in [6.07, 6.45) is 0. The fourth-order valence-electron chi connectivity index (χ4n) is 2.31. The van der Waals surface area contributed by atoms with Crippen LogP contribution in [0.2, 0.25) is 5.02 Å². The quantitative estimate of drug-likeness (QED) is 0.694. The van der Waals surface area contributed by atoms with Gasteiger partial charge in [0.05, 0.1) is 26.9 Å². The maximum absolute atomic E-state index is 12.2. The third-order valence-electron chi connectivity index (χ3n) is 3.61. The number of hydrogen-bond acceptors (Lipinski definition) is 6. The summed E-state index contributed by atoms with van der Waals surface area (Å²) in [5, 5.41) is 3.23. The minimum atomic E-state index is -0.688. The van der Waals surface area contributed by atoms with Gasteiger partial charge in [-0.1, -0.05) is 23.7 Å². The highest BCUT2D eigenvalue weighted by Crippen LogP contribution is 2.38. The Labute approximate surface area is 162 Å². The van der Waals surface area contributed by atoms with Crippen LogP contribution in [0.1, 0.15) is 15.9 Å². The van der Waals surface area contributed by atoms with Gasteiger partial charge >= 0.3 is 5.97 Å². The molecule has 0 atom stereocenters. The number of nitrogens with one attached hydrogen (secondary N) is 1. The Balaban J connectivity index is 1.95. The molecule has 0 aliphatic rings. The van der Waals surface area contributed by atoms with Gasteiger partial charge in [0.2, 0.25) is 5.75 Å². The fourth-order valence-corrected chi connectivity index (χ4v) is 2.52. The van der Waals surface area contributed by atoms with Crippen molar-refractivity contribution in [2.75, 3.05) is 27.9 Å². The van der Waals surface area contributed by atoms with Gasteiger partial charge in [0.1, 0.15) is 0 Å². The van der Waals surface area contributed by atoms with E-state index in [0.717, 1.165) is 5.56 Å². The molecule has 0 bridgehead atoms. The van der Waals surface area contributed by atoms with Crippen molar-refractivity contribution in [3.63, 3.8) is 0 Å². The third kappa shape index (κ3) is 5.52. The van der Waals surface area contributed by atoms with Gasteiger partial charge < -0.3 is 24.3 Å². The fraction of sp³-hybridized carbons (Fsp3) is 0.263. The number of hydrogen-bond donors (Lipinski definition) is 1. The van der Waals surface area contributed by atoms with E-state index in [1.54, 1.807) is 18.2 Å². The van der Waals surface area contributed by atoms with Gasteiger partial charge in [-0.15, -0.1) is 0 Å². The van der Waals surface area contributed by atoms with Crippen molar-refractivity contribution in [3.05, 3.63) is 52.5 Å². The molecule has 2 aromatic carbocycles. The van der Waals surface area contributed by atoms with Crippen molar-refractivity contribution in [1.82, 2.24) is 5.32 Å². The molecular weight excluding hydrogens is 374 g/mol. The largest absolute Gasteiger partial charge is 0.493 e. The van der Waals surface area contributed by atoms with Crippen molar-refractivity contribution in [3.8, 4) is 17.2 Å². The van der Waals surface area contributed by atoms with Gasteiger partial charge in [0, 0.05) is 11.6 Å². The van der Waals surface area contributed by atoms with E-state index < -0.39 is 18.5 Å². The Morgan fingerprint density at radius 3 is 2.22 bits per heavy atom. The molecule has 2 aromatic rings. The molecule has 0 aliphatic carbocycles. The van der Waals surface area contributed by atoms with E-state index in [9.17, 15) is 9.59 Å². The van der Waals surface area contributed by atoms with E-state index in [2.05, 4.69) is 5.32 Å². The molecule has 0 saturated heterocycles. The zero-order valence-corrected chi connectivity index (χ0v) is 16.0. The number of ether oxygens (including phenoxy) is 4. The van der Waals surface area contributed by atoms with Gasteiger partial charge in [0.15, 0.2) is 18.1 Å². The maximum Gasteiger partial charge on any atom is 0.338 e. The predicted molar refractivity (Wildman–Crippen MR) is 99.7 cm³/mol. The second kappa shape index (κ2) is 9.68. The van der Waals surface area contributed by atoms with Gasteiger partial charge in [-0.2, -0.15) is 0 Å². The second-order valence-corrected chi connectivity index (χ2v) is 5.83. The Hall–Kier alpha value is -2.93. The number of benzene rings is 2. The number of methoxy groups -OCH3 is 3. The van der Waals surface area contributed by atoms with Gasteiger partial charge in [-0.25, -0.2) is 4.79 Å². The summed E-state index contributed by atoms with van der Waals surface area (Å²) in [4.78, 5) is 24.1. The first-order valence-corrected chi connectivity index (χ1v) is 8.34. The second-order valence-electron chi connectivity index (χ2n) is 5.40. The molecule has 0 spiro atoms. The van der Waals surface area contributed by atoms with Crippen molar-refractivity contribution < 1.29 is 28.5 Å². The SMILES string of the molecule is COc1cc(C(=O)OCC(=O)NCc2cccc(Cl)c2)cc(OC)c1OC. The molecule has 0 aromatic heterocycles. The van der Waals surface area contributed by atoms with E-state index in [1.807, 2.05) is 6.07 Å². The highest BCUT2D eigenvalue weighted by molar-refractivity contribution is 6.30. The highest BCUT2D eigenvalue weighted by Gasteiger charge is 2.18. The summed E-state index contributed by atoms with van der Waals surface area (Å²) in [6.45, 7) is -0.142. The van der Waals surface area contributed by atoms with Crippen molar-refractivity contribution in [1.29, 1.82) is 0 Å². The van der Waals surface area contributed by atoms with E-state index in [1.165, 1.54) is 33.5 Å². The average Bonchev–Trinajstić information content (AvgIpc) is 2.69. The minimum Gasteiger partial charge on any atom is -0.493 e. The Morgan fingerprint density at radius 2 is 1.67 bits per heavy atom. The van der Waals surface area contributed by atoms with Crippen LogP contribution >= 0.6 is 11.6 Å². The Bertz CT molecular complexity index is 799. The molecule has 0 fully saturated rings. The van der Waals surface area contributed by atoms with E-state index in [4.69, 9.17) is 30.5 Å². The molecule has 0 aliphatic heterocycles. The first-order chi connectivity index (χ1) is 13.0. The van der Waals surface area contributed by atoms with Crippen LogP contribution in [0.25, 0.3) is 0 Å². The lowest BCUT2D eigenvalue weighted by Crippen LogP contribution is -2.28. The number of carbonyl (C=O) groups is 2. The van der Waals surface area contributed by atoms with Crippen LogP contribution in [-0.2, 0) is 16.1 Å². The van der Waals surface area contributed by atoms with Crippen LogP contribution < -0.4 is 19.5 Å².